The molecular weight excluding hydrogens is 276 g/mol. The van der Waals surface area contributed by atoms with Gasteiger partial charge in [-0.3, -0.25) is 0 Å². The molecule has 0 amide bonds. The van der Waals surface area contributed by atoms with Crippen molar-refractivity contribution in [3.05, 3.63) is 28.7 Å². The first-order valence-corrected chi connectivity index (χ1v) is 6.09. The van der Waals surface area contributed by atoms with Gasteiger partial charge >= 0.3 is 0 Å². The Morgan fingerprint density at radius 2 is 2.13 bits per heavy atom. The monoisotopic (exact) mass is 282 g/mol. The highest BCUT2D eigenvalue weighted by atomic mass is 79.9. The van der Waals surface area contributed by atoms with Gasteiger partial charge in [0, 0.05) is 4.47 Å². The molecule has 0 radical (unpaired) electrons. The molecule has 0 saturated carbocycles. The Morgan fingerprint density at radius 3 is 2.93 bits per heavy atom. The molecular formula is C9H7BrN4S. The van der Waals surface area contributed by atoms with Gasteiger partial charge in [-0.05, 0) is 39.8 Å². The predicted molar refractivity (Wildman–Crippen MR) is 66.8 cm³/mol. The Labute approximate surface area is 99.8 Å². The number of rotatable bonds is 1. The van der Waals surface area contributed by atoms with E-state index in [1.165, 1.54) is 0 Å². The number of benzene rings is 1. The molecule has 1 aromatic rings. The Bertz CT molecular complexity index is 459. The number of amidine groups is 1. The average molecular weight is 283 g/mol. The molecule has 2 heterocycles. The summed E-state index contributed by atoms with van der Waals surface area (Å²) < 4.78 is 1.05. The summed E-state index contributed by atoms with van der Waals surface area (Å²) in [5.74, 6) is 0. The van der Waals surface area contributed by atoms with Gasteiger partial charge < -0.3 is 0 Å². The third-order valence-corrected chi connectivity index (χ3v) is 3.54. The normalized spacial score (nSPS) is 18.3. The lowest BCUT2D eigenvalue weighted by molar-refractivity contribution is 0.489. The summed E-state index contributed by atoms with van der Waals surface area (Å²) in [6.07, 6.45) is 0. The topological polar surface area (TPSA) is 31.2 Å². The molecule has 0 bridgehead atoms. The number of hydrogen-bond acceptors (Lipinski definition) is 5. The van der Waals surface area contributed by atoms with Crippen molar-refractivity contribution in [1.82, 2.24) is 5.01 Å². The van der Waals surface area contributed by atoms with Crippen LogP contribution < -0.4 is 5.01 Å². The number of fused-ring (bicyclic) bond motifs is 1. The quantitative estimate of drug-likeness (QED) is 0.793. The molecule has 0 spiro atoms. The molecule has 0 atom stereocenters. The summed E-state index contributed by atoms with van der Waals surface area (Å²) in [7, 11) is 0. The zero-order valence-corrected chi connectivity index (χ0v) is 10.1. The van der Waals surface area contributed by atoms with Crippen molar-refractivity contribution in [2.45, 2.75) is 0 Å². The van der Waals surface area contributed by atoms with Gasteiger partial charge in [-0.1, -0.05) is 12.1 Å². The van der Waals surface area contributed by atoms with E-state index in [1.807, 2.05) is 34.3 Å². The molecule has 0 fully saturated rings. The molecule has 6 heteroatoms. The summed E-state index contributed by atoms with van der Waals surface area (Å²) in [6.45, 7) is 0.682. The molecule has 0 aromatic heterocycles. The lowest BCUT2D eigenvalue weighted by atomic mass is 10.3. The second-order valence-electron chi connectivity index (χ2n) is 3.11. The SMILES string of the molecule is Brc1ccccc1N1CN2N=CSC2=N1. The van der Waals surface area contributed by atoms with E-state index in [4.69, 9.17) is 0 Å². The second kappa shape index (κ2) is 3.53. The van der Waals surface area contributed by atoms with Crippen molar-refractivity contribution in [2.75, 3.05) is 11.7 Å². The molecule has 4 nitrogen and oxygen atoms in total. The van der Waals surface area contributed by atoms with Gasteiger partial charge in [0.05, 0.1) is 11.2 Å². The van der Waals surface area contributed by atoms with Crippen LogP contribution in [0.5, 0.6) is 0 Å². The largest absolute Gasteiger partial charge is 0.240 e. The van der Waals surface area contributed by atoms with E-state index in [1.54, 1.807) is 17.3 Å². The van der Waals surface area contributed by atoms with Crippen LogP contribution in [0.2, 0.25) is 0 Å². The molecule has 3 rings (SSSR count). The Kier molecular flexibility index (Phi) is 2.17. The molecule has 76 valence electrons. The minimum Gasteiger partial charge on any atom is -0.240 e. The molecule has 15 heavy (non-hydrogen) atoms. The zero-order valence-electron chi connectivity index (χ0n) is 7.67. The Balaban J connectivity index is 1.92. The fraction of sp³-hybridized carbons (Fsp3) is 0.111. The van der Waals surface area contributed by atoms with Crippen LogP contribution >= 0.6 is 27.7 Å². The van der Waals surface area contributed by atoms with E-state index >= 15 is 0 Å². The number of halogens is 1. The fourth-order valence-corrected chi connectivity index (χ4v) is 2.58. The molecule has 2 aliphatic heterocycles. The van der Waals surface area contributed by atoms with Crippen molar-refractivity contribution >= 4 is 44.1 Å². The number of nitrogens with zero attached hydrogens (tertiary/aromatic N) is 4. The van der Waals surface area contributed by atoms with Crippen molar-refractivity contribution in [2.24, 2.45) is 10.2 Å². The summed E-state index contributed by atoms with van der Waals surface area (Å²) in [5, 5.41) is 13.4. The van der Waals surface area contributed by atoms with Crippen LogP contribution in [0.25, 0.3) is 0 Å². The van der Waals surface area contributed by atoms with Gasteiger partial charge in [0.2, 0.25) is 5.17 Å². The van der Waals surface area contributed by atoms with Crippen LogP contribution in [0.3, 0.4) is 0 Å². The average Bonchev–Trinajstić information content (AvgIpc) is 2.77. The lowest BCUT2D eigenvalue weighted by Gasteiger charge is -2.15. The Morgan fingerprint density at radius 1 is 1.27 bits per heavy atom. The maximum absolute atomic E-state index is 4.46. The fourth-order valence-electron chi connectivity index (χ4n) is 1.46. The van der Waals surface area contributed by atoms with E-state index in [0.717, 1.165) is 15.3 Å². The van der Waals surface area contributed by atoms with Crippen LogP contribution in [-0.4, -0.2) is 22.4 Å². The van der Waals surface area contributed by atoms with E-state index < -0.39 is 0 Å². The smallest absolute Gasteiger partial charge is 0.211 e. The highest BCUT2D eigenvalue weighted by molar-refractivity contribution is 9.10. The standard InChI is InChI=1S/C9H7BrN4S/c10-7-3-1-2-4-8(7)13-6-14-9(12-13)15-5-11-14/h1-5H,6H2. The van der Waals surface area contributed by atoms with Crippen molar-refractivity contribution in [1.29, 1.82) is 0 Å². The first-order chi connectivity index (χ1) is 7.34. The number of para-hydroxylation sites is 1. The maximum atomic E-state index is 4.46. The van der Waals surface area contributed by atoms with Gasteiger partial charge in [0.1, 0.15) is 6.67 Å². The molecule has 0 N–H and O–H groups in total. The molecule has 0 unspecified atom stereocenters. The number of hydrazone groups is 2. The minimum absolute atomic E-state index is 0.682. The van der Waals surface area contributed by atoms with Crippen LogP contribution in [0.1, 0.15) is 0 Å². The highest BCUT2D eigenvalue weighted by Gasteiger charge is 2.27. The zero-order chi connectivity index (χ0) is 10.3. The van der Waals surface area contributed by atoms with Gasteiger partial charge in [0.15, 0.2) is 0 Å². The summed E-state index contributed by atoms with van der Waals surface area (Å²) in [5.41, 5.74) is 2.87. The second-order valence-corrected chi connectivity index (χ2v) is 4.78. The molecule has 0 aliphatic carbocycles. The number of anilines is 1. The first-order valence-electron chi connectivity index (χ1n) is 4.42. The number of thioether (sulfide) groups is 1. The van der Waals surface area contributed by atoms with Crippen LogP contribution in [-0.2, 0) is 0 Å². The van der Waals surface area contributed by atoms with Crippen LogP contribution in [0.4, 0.5) is 5.69 Å². The lowest BCUT2D eigenvalue weighted by Crippen LogP contribution is -2.22. The van der Waals surface area contributed by atoms with Crippen molar-refractivity contribution in [3.63, 3.8) is 0 Å². The van der Waals surface area contributed by atoms with Crippen molar-refractivity contribution < 1.29 is 0 Å². The number of hydrogen-bond donors (Lipinski definition) is 0. The molecule has 0 saturated heterocycles. The highest BCUT2D eigenvalue weighted by Crippen LogP contribution is 2.31. The Hall–Kier alpha value is -1.01. The van der Waals surface area contributed by atoms with Crippen LogP contribution in [0, 0.1) is 0 Å². The van der Waals surface area contributed by atoms with E-state index in [0.29, 0.717) is 6.67 Å². The van der Waals surface area contributed by atoms with Gasteiger partial charge in [-0.15, -0.1) is 5.10 Å². The minimum atomic E-state index is 0.682. The summed E-state index contributed by atoms with van der Waals surface area (Å²) >= 11 is 5.06. The van der Waals surface area contributed by atoms with Gasteiger partial charge in [0.25, 0.3) is 0 Å². The molecule has 1 aromatic carbocycles. The summed E-state index contributed by atoms with van der Waals surface area (Å²) in [6, 6.07) is 8.03. The van der Waals surface area contributed by atoms with Gasteiger partial charge in [-0.25, -0.2) is 10.0 Å². The van der Waals surface area contributed by atoms with Crippen molar-refractivity contribution in [3.8, 4) is 0 Å². The van der Waals surface area contributed by atoms with Gasteiger partial charge in [-0.2, -0.15) is 5.10 Å². The third kappa shape index (κ3) is 1.53. The third-order valence-electron chi connectivity index (χ3n) is 2.17. The van der Waals surface area contributed by atoms with E-state index in [-0.39, 0.29) is 0 Å². The van der Waals surface area contributed by atoms with E-state index in [2.05, 4.69) is 26.1 Å². The summed E-state index contributed by atoms with van der Waals surface area (Å²) in [4.78, 5) is 0. The molecule has 2 aliphatic rings. The predicted octanol–water partition coefficient (Wildman–Crippen LogP) is 2.49. The maximum Gasteiger partial charge on any atom is 0.211 e. The first kappa shape index (κ1) is 9.23. The van der Waals surface area contributed by atoms with E-state index in [9.17, 15) is 0 Å². The van der Waals surface area contributed by atoms with Crippen LogP contribution in [0.15, 0.2) is 38.9 Å².